The maximum atomic E-state index is 10.9. The lowest BCUT2D eigenvalue weighted by Gasteiger charge is -2.21. The molecule has 2 aromatic rings. The van der Waals surface area contributed by atoms with Crippen molar-refractivity contribution in [3.63, 3.8) is 0 Å². The summed E-state index contributed by atoms with van der Waals surface area (Å²) >= 11 is 0. The van der Waals surface area contributed by atoms with E-state index < -0.39 is 9.85 Å². The summed E-state index contributed by atoms with van der Waals surface area (Å²) in [5.41, 5.74) is 2.05. The van der Waals surface area contributed by atoms with Gasteiger partial charge in [-0.05, 0) is 12.1 Å². The highest BCUT2D eigenvalue weighted by atomic mass is 16.6. The molecule has 0 fully saturated rings. The van der Waals surface area contributed by atoms with Gasteiger partial charge in [0, 0.05) is 43.5 Å². The van der Waals surface area contributed by atoms with E-state index in [-0.39, 0.29) is 5.69 Å². The fraction of sp³-hybridized carbons (Fsp3) is 0.176. The maximum Gasteiger partial charge on any atom is 0.269 e. The monoisotopic (exact) mass is 342 g/mol. The van der Waals surface area contributed by atoms with Crippen LogP contribution in [-0.4, -0.2) is 34.9 Å². The first-order chi connectivity index (χ1) is 12.0. The number of hydrogen-bond donors (Lipinski definition) is 1. The average molecular weight is 342 g/mol. The van der Waals surface area contributed by atoms with Crippen molar-refractivity contribution in [3.8, 4) is 0 Å². The minimum atomic E-state index is -0.470. The summed E-state index contributed by atoms with van der Waals surface area (Å²) in [6, 6.07) is 15.2. The van der Waals surface area contributed by atoms with Crippen molar-refractivity contribution in [1.29, 1.82) is 0 Å². The van der Waals surface area contributed by atoms with E-state index in [4.69, 9.17) is 0 Å². The zero-order chi connectivity index (χ0) is 18.2. The van der Waals surface area contributed by atoms with E-state index in [0.717, 1.165) is 17.5 Å². The number of benzene rings is 2. The van der Waals surface area contributed by atoms with Gasteiger partial charge in [0.15, 0.2) is 0 Å². The highest BCUT2D eigenvalue weighted by Crippen LogP contribution is 2.18. The Bertz CT molecular complexity index is 760. The summed E-state index contributed by atoms with van der Waals surface area (Å²) in [5, 5.41) is 24.7. The molecule has 130 valence electrons. The van der Waals surface area contributed by atoms with Crippen molar-refractivity contribution in [2.24, 2.45) is 0 Å². The van der Waals surface area contributed by atoms with E-state index in [1.807, 2.05) is 30.3 Å². The van der Waals surface area contributed by atoms with Gasteiger partial charge in [0.2, 0.25) is 0 Å². The highest BCUT2D eigenvalue weighted by molar-refractivity contribution is 5.62. The van der Waals surface area contributed by atoms with E-state index in [9.17, 15) is 20.2 Å². The number of nitrogens with one attached hydrogen (secondary N) is 1. The smallest absolute Gasteiger partial charge is 0.269 e. The number of hydrogen-bond acceptors (Lipinski definition) is 6. The van der Waals surface area contributed by atoms with Crippen molar-refractivity contribution in [3.05, 3.63) is 86.6 Å². The van der Waals surface area contributed by atoms with Crippen LogP contribution in [0, 0.1) is 20.2 Å². The highest BCUT2D eigenvalue weighted by Gasteiger charge is 2.11. The first kappa shape index (κ1) is 17.9. The molecule has 0 spiro atoms. The van der Waals surface area contributed by atoms with E-state index in [0.29, 0.717) is 18.8 Å². The largest absolute Gasteiger partial charge is 0.383 e. The SMILES string of the molecule is CN(CCNc1ccc([N+](=O)[O-])cc1)/C(=C/[N+](=O)[O-])c1ccccc1. The van der Waals surface area contributed by atoms with Gasteiger partial charge in [-0.2, -0.15) is 0 Å². The van der Waals surface area contributed by atoms with Gasteiger partial charge in [0.25, 0.3) is 11.9 Å². The quantitative estimate of drug-likeness (QED) is 0.584. The zero-order valence-electron chi connectivity index (χ0n) is 13.7. The Kier molecular flexibility index (Phi) is 6.05. The molecule has 2 rings (SSSR count). The van der Waals surface area contributed by atoms with E-state index >= 15 is 0 Å². The third-order valence-corrected chi connectivity index (χ3v) is 3.56. The van der Waals surface area contributed by atoms with Crippen LogP contribution in [0.25, 0.3) is 5.70 Å². The third-order valence-electron chi connectivity index (χ3n) is 3.56. The molecule has 0 aliphatic carbocycles. The average Bonchev–Trinajstić information content (AvgIpc) is 2.60. The van der Waals surface area contributed by atoms with Crippen LogP contribution in [0.2, 0.25) is 0 Å². The molecule has 0 aliphatic rings. The van der Waals surface area contributed by atoms with Crippen molar-refractivity contribution in [2.45, 2.75) is 0 Å². The summed E-state index contributed by atoms with van der Waals surface area (Å²) in [6.45, 7) is 1.04. The Labute approximate surface area is 144 Å². The minimum absolute atomic E-state index is 0.0305. The van der Waals surface area contributed by atoms with Crippen molar-refractivity contribution >= 4 is 17.1 Å². The molecule has 0 heterocycles. The molecule has 0 saturated heterocycles. The van der Waals surface area contributed by atoms with Gasteiger partial charge in [-0.15, -0.1) is 0 Å². The minimum Gasteiger partial charge on any atom is -0.383 e. The first-order valence-electron chi connectivity index (χ1n) is 7.57. The van der Waals surface area contributed by atoms with Crippen LogP contribution >= 0.6 is 0 Å². The number of non-ortho nitro benzene ring substituents is 1. The van der Waals surface area contributed by atoms with Crippen molar-refractivity contribution in [1.82, 2.24) is 4.90 Å². The second-order valence-corrected chi connectivity index (χ2v) is 5.32. The first-order valence-corrected chi connectivity index (χ1v) is 7.57. The molecule has 0 amide bonds. The predicted molar refractivity (Wildman–Crippen MR) is 95.6 cm³/mol. The summed E-state index contributed by atoms with van der Waals surface area (Å²) < 4.78 is 0. The molecule has 25 heavy (non-hydrogen) atoms. The van der Waals surface area contributed by atoms with Crippen LogP contribution in [0.5, 0.6) is 0 Å². The normalized spacial score (nSPS) is 11.0. The van der Waals surface area contributed by atoms with E-state index in [1.54, 1.807) is 24.1 Å². The van der Waals surface area contributed by atoms with Crippen LogP contribution in [-0.2, 0) is 0 Å². The van der Waals surface area contributed by atoms with Crippen LogP contribution in [0.15, 0.2) is 60.8 Å². The van der Waals surface area contributed by atoms with Crippen LogP contribution in [0.3, 0.4) is 0 Å². The molecule has 0 atom stereocenters. The molecule has 0 aliphatic heterocycles. The molecule has 0 unspecified atom stereocenters. The third kappa shape index (κ3) is 5.31. The second kappa shape index (κ2) is 8.44. The number of likely N-dealkylation sites (N-methyl/N-ethyl adjacent to an activating group) is 1. The van der Waals surface area contributed by atoms with Crippen molar-refractivity contribution < 1.29 is 9.85 Å². The molecular weight excluding hydrogens is 324 g/mol. The second-order valence-electron chi connectivity index (χ2n) is 5.32. The van der Waals surface area contributed by atoms with E-state index in [1.165, 1.54) is 12.1 Å². The van der Waals surface area contributed by atoms with Crippen LogP contribution in [0.4, 0.5) is 11.4 Å². The Hall–Kier alpha value is -3.42. The van der Waals surface area contributed by atoms with Gasteiger partial charge >= 0.3 is 0 Å². The molecular formula is C17H18N4O4. The summed E-state index contributed by atoms with van der Waals surface area (Å²) in [7, 11) is 1.78. The standard InChI is InChI=1S/C17H18N4O4/c1-19(17(13-20(22)23)14-5-3-2-4-6-14)12-11-18-15-7-9-16(10-8-15)21(24)25/h2-10,13,18H,11-12H2,1H3/b17-13+. The number of nitro benzene ring substituents is 1. The maximum absolute atomic E-state index is 10.9. The molecule has 0 bridgehead atoms. The predicted octanol–water partition coefficient (Wildman–Crippen LogP) is 3.21. The number of nitro groups is 2. The fourth-order valence-corrected chi connectivity index (χ4v) is 2.29. The van der Waals surface area contributed by atoms with Crippen LogP contribution < -0.4 is 5.32 Å². The van der Waals surface area contributed by atoms with Gasteiger partial charge in [0.1, 0.15) is 5.70 Å². The Morgan fingerprint density at radius 1 is 1.08 bits per heavy atom. The summed E-state index contributed by atoms with van der Waals surface area (Å²) in [6.07, 6.45) is 0.987. The van der Waals surface area contributed by atoms with Gasteiger partial charge in [0.05, 0.1) is 9.85 Å². The topological polar surface area (TPSA) is 102 Å². The Balaban J connectivity index is 1.98. The molecule has 0 aromatic heterocycles. The van der Waals surface area contributed by atoms with Gasteiger partial charge in [-0.1, -0.05) is 30.3 Å². The summed E-state index contributed by atoms with van der Waals surface area (Å²) in [5.74, 6) is 0. The Morgan fingerprint density at radius 3 is 2.28 bits per heavy atom. The van der Waals surface area contributed by atoms with Gasteiger partial charge in [-0.3, -0.25) is 20.2 Å². The van der Waals surface area contributed by atoms with Gasteiger partial charge < -0.3 is 10.2 Å². The number of rotatable bonds is 8. The number of anilines is 1. The van der Waals surface area contributed by atoms with Crippen molar-refractivity contribution in [2.75, 3.05) is 25.5 Å². The van der Waals surface area contributed by atoms with E-state index in [2.05, 4.69) is 5.32 Å². The molecule has 0 radical (unpaired) electrons. The lowest BCUT2D eigenvalue weighted by Crippen LogP contribution is -2.24. The summed E-state index contributed by atoms with van der Waals surface area (Å²) in [4.78, 5) is 22.4. The molecule has 2 aromatic carbocycles. The molecule has 0 saturated carbocycles. The Morgan fingerprint density at radius 2 is 1.72 bits per heavy atom. The zero-order valence-corrected chi connectivity index (χ0v) is 13.7. The van der Waals surface area contributed by atoms with Gasteiger partial charge in [-0.25, -0.2) is 0 Å². The lowest BCUT2D eigenvalue weighted by atomic mass is 10.1. The lowest BCUT2D eigenvalue weighted by molar-refractivity contribution is -0.402. The van der Waals surface area contributed by atoms with Crippen LogP contribution in [0.1, 0.15) is 5.56 Å². The molecule has 1 N–H and O–H groups in total. The molecule has 8 heteroatoms. The molecule has 8 nitrogen and oxygen atoms in total. The number of nitrogens with zero attached hydrogens (tertiary/aromatic N) is 3. The fourth-order valence-electron chi connectivity index (χ4n) is 2.29.